The van der Waals surface area contributed by atoms with E-state index in [-0.39, 0.29) is 30.5 Å². The van der Waals surface area contributed by atoms with Crippen LogP contribution in [0.5, 0.6) is 0 Å². The Kier molecular flexibility index (Phi) is 6.33. The van der Waals surface area contributed by atoms with E-state index >= 15 is 0 Å². The first-order valence-electron chi connectivity index (χ1n) is 10.7. The first-order chi connectivity index (χ1) is 15.9. The van der Waals surface area contributed by atoms with Crippen LogP contribution in [-0.2, 0) is 4.74 Å². The lowest BCUT2D eigenvalue weighted by Crippen LogP contribution is -2.48. The highest BCUT2D eigenvalue weighted by Gasteiger charge is 2.28. The maximum absolute atomic E-state index is 13.0. The number of carbonyl (C=O) groups is 2. The monoisotopic (exact) mass is 451 g/mol. The van der Waals surface area contributed by atoms with Crippen LogP contribution in [0, 0.1) is 25.2 Å². The summed E-state index contributed by atoms with van der Waals surface area (Å²) in [4.78, 5) is 36.4. The van der Waals surface area contributed by atoms with Crippen LogP contribution in [0.25, 0.3) is 11.7 Å². The third-order valence-corrected chi connectivity index (χ3v) is 5.67. The van der Waals surface area contributed by atoms with Crippen molar-refractivity contribution in [2.24, 2.45) is 0 Å². The molecule has 0 amide bonds. The molecule has 1 aliphatic rings. The fourth-order valence-electron chi connectivity index (χ4n) is 4.07. The predicted octanol–water partition coefficient (Wildman–Crippen LogP) is 2.93. The van der Waals surface area contributed by atoms with Gasteiger partial charge in [0.15, 0.2) is 11.5 Å². The number of Topliss-reactive ketones (excluding diaryl/α,β-unsaturated/α-hetero) is 1. The van der Waals surface area contributed by atoms with Crippen LogP contribution in [-0.4, -0.2) is 66.0 Å². The van der Waals surface area contributed by atoms with Gasteiger partial charge in [0.25, 0.3) is 5.89 Å². The second-order valence-electron chi connectivity index (χ2n) is 7.79. The fourth-order valence-corrected chi connectivity index (χ4v) is 4.07. The number of carbonyl (C=O) groups excluding carboxylic acids is 2. The van der Waals surface area contributed by atoms with E-state index in [4.69, 9.17) is 13.6 Å². The second kappa shape index (κ2) is 9.34. The summed E-state index contributed by atoms with van der Waals surface area (Å²) >= 11 is 0. The van der Waals surface area contributed by atoms with Crippen molar-refractivity contribution in [2.45, 2.75) is 20.8 Å². The number of furan rings is 1. The first-order valence-corrected chi connectivity index (χ1v) is 10.7. The van der Waals surface area contributed by atoms with E-state index < -0.39 is 5.97 Å². The maximum atomic E-state index is 13.0. The van der Waals surface area contributed by atoms with E-state index in [1.54, 1.807) is 32.9 Å². The number of piperazine rings is 1. The van der Waals surface area contributed by atoms with Gasteiger partial charge in [-0.2, -0.15) is 10.2 Å². The Morgan fingerprint density at radius 1 is 1.27 bits per heavy atom. The molecule has 1 N–H and O–H groups in total. The number of nitrogens with zero attached hydrogens (tertiary/aromatic N) is 4. The molecule has 10 heteroatoms. The first kappa shape index (κ1) is 22.4. The summed E-state index contributed by atoms with van der Waals surface area (Å²) in [6, 6.07) is 5.52. The number of hydrogen-bond acceptors (Lipinski definition) is 9. The fraction of sp³-hybridized carbons (Fsp3) is 0.391. The van der Waals surface area contributed by atoms with Crippen LogP contribution in [0.1, 0.15) is 44.7 Å². The Hall–Kier alpha value is -3.84. The molecule has 0 radical (unpaired) electrons. The van der Waals surface area contributed by atoms with Gasteiger partial charge in [-0.1, -0.05) is 0 Å². The number of ether oxygens (including phenoxy) is 1. The summed E-state index contributed by atoms with van der Waals surface area (Å²) in [7, 11) is 0. The normalized spacial score (nSPS) is 14.3. The Balaban J connectivity index is 1.41. The van der Waals surface area contributed by atoms with Crippen LogP contribution in [0.4, 0.5) is 5.88 Å². The molecule has 0 spiro atoms. The largest absolute Gasteiger partial charge is 0.461 e. The Morgan fingerprint density at radius 2 is 2.03 bits per heavy atom. The van der Waals surface area contributed by atoms with E-state index in [0.29, 0.717) is 60.3 Å². The molecule has 1 aliphatic heterocycles. The van der Waals surface area contributed by atoms with Gasteiger partial charge in [0.1, 0.15) is 11.8 Å². The lowest BCUT2D eigenvalue weighted by Gasteiger charge is -2.34. The van der Waals surface area contributed by atoms with Gasteiger partial charge in [0.2, 0.25) is 11.6 Å². The second-order valence-corrected chi connectivity index (χ2v) is 7.79. The lowest BCUT2D eigenvalue weighted by molar-refractivity contribution is 0.0519. The van der Waals surface area contributed by atoms with Crippen molar-refractivity contribution in [1.82, 2.24) is 14.9 Å². The molecule has 3 aromatic heterocycles. The molecule has 0 unspecified atom stereocenters. The van der Waals surface area contributed by atoms with Gasteiger partial charge in [-0.05, 0) is 38.5 Å². The number of anilines is 1. The van der Waals surface area contributed by atoms with Crippen molar-refractivity contribution in [3.8, 4) is 17.7 Å². The van der Waals surface area contributed by atoms with Crippen LogP contribution < -0.4 is 4.90 Å². The van der Waals surface area contributed by atoms with E-state index in [1.165, 1.54) is 6.26 Å². The molecule has 4 rings (SSSR count). The molecule has 1 saturated heterocycles. The third-order valence-electron chi connectivity index (χ3n) is 5.67. The zero-order valence-electron chi connectivity index (χ0n) is 18.8. The molecule has 1 fully saturated rings. The molecule has 0 aromatic carbocycles. The van der Waals surface area contributed by atoms with Gasteiger partial charge in [-0.15, -0.1) is 0 Å². The lowest BCUT2D eigenvalue weighted by atomic mass is 10.0. The van der Waals surface area contributed by atoms with Crippen molar-refractivity contribution in [1.29, 1.82) is 5.26 Å². The highest BCUT2D eigenvalue weighted by Crippen LogP contribution is 2.29. The highest BCUT2D eigenvalue weighted by atomic mass is 16.5. The highest BCUT2D eigenvalue weighted by molar-refractivity contribution is 6.03. The molecule has 0 bridgehead atoms. The molecule has 4 heterocycles. The summed E-state index contributed by atoms with van der Waals surface area (Å²) in [6.45, 7) is 8.16. The molecule has 0 saturated carbocycles. The number of nitrogens with one attached hydrogen (secondary N) is 1. The van der Waals surface area contributed by atoms with E-state index in [2.05, 4.69) is 16.0 Å². The number of aromatic amines is 1. The number of H-pyrrole nitrogens is 1. The molecule has 172 valence electrons. The summed E-state index contributed by atoms with van der Waals surface area (Å²) in [5.74, 6) is 0.621. The van der Waals surface area contributed by atoms with Crippen molar-refractivity contribution < 1.29 is 23.2 Å². The quantitative estimate of drug-likeness (QED) is 0.426. The number of ketones is 1. The topological polar surface area (TPSA) is 129 Å². The van der Waals surface area contributed by atoms with E-state index in [9.17, 15) is 14.9 Å². The molecule has 33 heavy (non-hydrogen) atoms. The van der Waals surface area contributed by atoms with E-state index in [0.717, 1.165) is 0 Å². The van der Waals surface area contributed by atoms with Crippen LogP contribution in [0.2, 0.25) is 0 Å². The van der Waals surface area contributed by atoms with Crippen molar-refractivity contribution in [2.75, 3.05) is 44.2 Å². The minimum absolute atomic E-state index is 0.0530. The number of oxazole rings is 1. The van der Waals surface area contributed by atoms with Crippen molar-refractivity contribution in [3.05, 3.63) is 46.6 Å². The average molecular weight is 451 g/mol. The standard InChI is InChI=1S/C23H25N5O5/c1-4-31-23(30)20-14(2)19(15(3)25-20)17(29)13-27-7-9-28(10-8-27)22-16(12-24)26-21(33-22)18-6-5-11-32-18/h5-6,11,25H,4,7-10,13H2,1-3H3. The molecule has 3 aromatic rings. The summed E-state index contributed by atoms with van der Waals surface area (Å²) in [5.41, 5.74) is 2.33. The average Bonchev–Trinajstić information content (AvgIpc) is 3.53. The maximum Gasteiger partial charge on any atom is 0.355 e. The SMILES string of the molecule is CCOC(=O)c1[nH]c(C)c(C(=O)CN2CCN(c3oc(-c4ccco4)nc3C#N)CC2)c1C. The minimum Gasteiger partial charge on any atom is -0.461 e. The zero-order valence-corrected chi connectivity index (χ0v) is 18.8. The molecular formula is C23H25N5O5. The Labute approximate surface area is 190 Å². The van der Waals surface area contributed by atoms with Gasteiger partial charge in [-0.25, -0.2) is 4.79 Å². The van der Waals surface area contributed by atoms with Crippen LogP contribution in [0.15, 0.2) is 27.2 Å². The molecule has 10 nitrogen and oxygen atoms in total. The Morgan fingerprint density at radius 3 is 2.67 bits per heavy atom. The molecule has 0 aliphatic carbocycles. The summed E-state index contributed by atoms with van der Waals surface area (Å²) in [5, 5.41) is 9.46. The summed E-state index contributed by atoms with van der Waals surface area (Å²) < 4.78 is 16.2. The number of hydrogen-bond donors (Lipinski definition) is 1. The van der Waals surface area contributed by atoms with Crippen molar-refractivity contribution >= 4 is 17.6 Å². The van der Waals surface area contributed by atoms with Gasteiger partial charge in [0, 0.05) is 37.4 Å². The Bertz CT molecular complexity index is 1190. The number of esters is 1. The number of aromatic nitrogens is 2. The number of nitriles is 1. The van der Waals surface area contributed by atoms with Crippen LogP contribution >= 0.6 is 0 Å². The van der Waals surface area contributed by atoms with E-state index in [1.807, 2.05) is 9.80 Å². The smallest absolute Gasteiger partial charge is 0.355 e. The molecule has 0 atom stereocenters. The van der Waals surface area contributed by atoms with Gasteiger partial charge < -0.3 is 23.5 Å². The third kappa shape index (κ3) is 4.40. The minimum atomic E-state index is -0.458. The summed E-state index contributed by atoms with van der Waals surface area (Å²) in [6.07, 6.45) is 1.52. The van der Waals surface area contributed by atoms with Crippen LogP contribution in [0.3, 0.4) is 0 Å². The van der Waals surface area contributed by atoms with Gasteiger partial charge in [-0.3, -0.25) is 9.69 Å². The van der Waals surface area contributed by atoms with Gasteiger partial charge in [0.05, 0.1) is 19.4 Å². The number of rotatable bonds is 7. The van der Waals surface area contributed by atoms with Crippen molar-refractivity contribution in [3.63, 3.8) is 0 Å². The number of aryl methyl sites for hydroxylation is 1. The zero-order chi connectivity index (χ0) is 23.5. The predicted molar refractivity (Wildman–Crippen MR) is 118 cm³/mol. The van der Waals surface area contributed by atoms with Gasteiger partial charge >= 0.3 is 5.97 Å². The molecular weight excluding hydrogens is 426 g/mol.